The van der Waals surface area contributed by atoms with Gasteiger partial charge in [-0.05, 0) is 45.2 Å². The molecular formula is C16H30N4O. The molecule has 1 atom stereocenters. The van der Waals surface area contributed by atoms with E-state index >= 15 is 0 Å². The van der Waals surface area contributed by atoms with Crippen molar-refractivity contribution in [2.24, 2.45) is 5.92 Å². The third-order valence-corrected chi connectivity index (χ3v) is 4.21. The lowest BCUT2D eigenvalue weighted by Crippen LogP contribution is -2.40. The van der Waals surface area contributed by atoms with Crippen LogP contribution in [-0.2, 0) is 17.7 Å². The summed E-state index contributed by atoms with van der Waals surface area (Å²) in [4.78, 5) is 7.32. The number of rotatable bonds is 8. The lowest BCUT2D eigenvalue weighted by Gasteiger charge is -2.33. The maximum absolute atomic E-state index is 5.18. The van der Waals surface area contributed by atoms with Gasteiger partial charge in [0.15, 0.2) is 0 Å². The van der Waals surface area contributed by atoms with Gasteiger partial charge in [0.05, 0.1) is 5.69 Å². The van der Waals surface area contributed by atoms with Crippen LogP contribution < -0.4 is 10.2 Å². The average molecular weight is 294 g/mol. The van der Waals surface area contributed by atoms with E-state index in [1.807, 2.05) is 7.05 Å². The minimum absolute atomic E-state index is 0.734. The van der Waals surface area contributed by atoms with Crippen LogP contribution in [0.15, 0.2) is 6.20 Å². The molecule has 1 aliphatic rings. The Bertz CT molecular complexity index is 416. The summed E-state index contributed by atoms with van der Waals surface area (Å²) in [5.74, 6) is 1.89. The van der Waals surface area contributed by atoms with Gasteiger partial charge in [-0.2, -0.15) is 0 Å². The Morgan fingerprint density at radius 3 is 3.05 bits per heavy atom. The van der Waals surface area contributed by atoms with Crippen LogP contribution in [0.4, 0.5) is 5.95 Å². The Balaban J connectivity index is 2.07. The number of imidazole rings is 1. The number of hydrogen-bond acceptors (Lipinski definition) is 4. The molecule has 0 radical (unpaired) electrons. The second-order valence-corrected chi connectivity index (χ2v) is 5.94. The van der Waals surface area contributed by atoms with Crippen LogP contribution in [0.5, 0.6) is 0 Å². The number of aryl methyl sites for hydroxylation is 2. The van der Waals surface area contributed by atoms with E-state index in [9.17, 15) is 0 Å². The summed E-state index contributed by atoms with van der Waals surface area (Å²) in [5.41, 5.74) is 1.19. The Morgan fingerprint density at radius 2 is 2.33 bits per heavy atom. The van der Waals surface area contributed by atoms with Crippen molar-refractivity contribution in [3.63, 3.8) is 0 Å². The number of piperidine rings is 1. The van der Waals surface area contributed by atoms with E-state index in [1.165, 1.54) is 18.5 Å². The maximum Gasteiger partial charge on any atom is 0.205 e. The molecule has 1 aromatic rings. The number of hydrogen-bond donors (Lipinski definition) is 1. The molecule has 5 heteroatoms. The molecule has 5 nitrogen and oxygen atoms in total. The van der Waals surface area contributed by atoms with Gasteiger partial charge >= 0.3 is 0 Å². The molecule has 0 aromatic carbocycles. The van der Waals surface area contributed by atoms with Crippen LogP contribution in [-0.4, -0.2) is 49.9 Å². The quantitative estimate of drug-likeness (QED) is 0.744. The highest BCUT2D eigenvalue weighted by atomic mass is 16.5. The molecule has 0 aliphatic carbocycles. The van der Waals surface area contributed by atoms with Crippen molar-refractivity contribution in [1.82, 2.24) is 14.9 Å². The summed E-state index contributed by atoms with van der Waals surface area (Å²) in [6.45, 7) is 7.31. The zero-order chi connectivity index (χ0) is 15.1. The lowest BCUT2D eigenvalue weighted by molar-refractivity contribution is 0.190. The first-order valence-corrected chi connectivity index (χ1v) is 8.23. The lowest BCUT2D eigenvalue weighted by atomic mass is 9.98. The van der Waals surface area contributed by atoms with E-state index in [0.717, 1.165) is 57.5 Å². The van der Waals surface area contributed by atoms with Crippen molar-refractivity contribution in [3.05, 3.63) is 11.9 Å². The third-order valence-electron chi connectivity index (χ3n) is 4.21. The van der Waals surface area contributed by atoms with Crippen LogP contribution in [0, 0.1) is 5.92 Å². The van der Waals surface area contributed by atoms with Crippen LogP contribution in [0.25, 0.3) is 0 Å². The highest BCUT2D eigenvalue weighted by Gasteiger charge is 2.23. The minimum Gasteiger partial charge on any atom is -0.385 e. The van der Waals surface area contributed by atoms with Crippen molar-refractivity contribution in [1.29, 1.82) is 0 Å². The van der Waals surface area contributed by atoms with Crippen molar-refractivity contribution >= 4 is 5.95 Å². The van der Waals surface area contributed by atoms with Crippen LogP contribution in [0.3, 0.4) is 0 Å². The highest BCUT2D eigenvalue weighted by molar-refractivity contribution is 5.34. The first kappa shape index (κ1) is 16.3. The SMILES string of the molecule is CCc1cn(CCCOC)c(N2CCCC(CNC)C2)n1. The zero-order valence-electron chi connectivity index (χ0n) is 13.8. The number of methoxy groups -OCH3 is 1. The van der Waals surface area contributed by atoms with Gasteiger partial charge in [-0.3, -0.25) is 0 Å². The van der Waals surface area contributed by atoms with Gasteiger partial charge < -0.3 is 19.5 Å². The minimum atomic E-state index is 0.734. The van der Waals surface area contributed by atoms with E-state index in [2.05, 4.69) is 27.9 Å². The smallest absolute Gasteiger partial charge is 0.205 e. The van der Waals surface area contributed by atoms with E-state index < -0.39 is 0 Å². The summed E-state index contributed by atoms with van der Waals surface area (Å²) in [6.07, 6.45) is 6.84. The second-order valence-electron chi connectivity index (χ2n) is 5.94. The monoisotopic (exact) mass is 294 g/mol. The molecule has 0 bridgehead atoms. The third kappa shape index (κ3) is 4.45. The molecule has 21 heavy (non-hydrogen) atoms. The van der Waals surface area contributed by atoms with Crippen LogP contribution in [0.2, 0.25) is 0 Å². The predicted molar refractivity (Wildman–Crippen MR) is 87.0 cm³/mol. The first-order chi connectivity index (χ1) is 10.3. The normalized spacial score (nSPS) is 19.2. The van der Waals surface area contributed by atoms with E-state index in [4.69, 9.17) is 9.72 Å². The van der Waals surface area contributed by atoms with E-state index in [-0.39, 0.29) is 0 Å². The molecule has 1 aliphatic heterocycles. The fourth-order valence-corrected chi connectivity index (χ4v) is 3.13. The number of anilines is 1. The predicted octanol–water partition coefficient (Wildman–Crippen LogP) is 1.92. The molecule has 0 saturated carbocycles. The molecule has 2 rings (SSSR count). The molecule has 0 amide bonds. The van der Waals surface area contributed by atoms with Crippen LogP contribution >= 0.6 is 0 Å². The van der Waals surface area contributed by atoms with Gasteiger partial charge in [0.2, 0.25) is 5.95 Å². The Kier molecular flexibility index (Phi) is 6.51. The van der Waals surface area contributed by atoms with Crippen molar-refractivity contribution < 1.29 is 4.74 Å². The number of nitrogens with zero attached hydrogens (tertiary/aromatic N) is 3. The number of nitrogens with one attached hydrogen (secondary N) is 1. The summed E-state index contributed by atoms with van der Waals surface area (Å²) in [7, 11) is 3.80. The van der Waals surface area contributed by atoms with Gasteiger partial charge in [-0.15, -0.1) is 0 Å². The number of ether oxygens (including phenoxy) is 1. The maximum atomic E-state index is 5.18. The summed E-state index contributed by atoms with van der Waals surface area (Å²) in [5, 5.41) is 3.31. The first-order valence-electron chi connectivity index (χ1n) is 8.23. The van der Waals surface area contributed by atoms with Crippen LogP contribution in [0.1, 0.15) is 31.9 Å². The molecule has 1 N–H and O–H groups in total. The van der Waals surface area contributed by atoms with Gasteiger partial charge in [0.1, 0.15) is 0 Å². The summed E-state index contributed by atoms with van der Waals surface area (Å²) < 4.78 is 7.49. The van der Waals surface area contributed by atoms with Gasteiger partial charge in [-0.25, -0.2) is 4.98 Å². The molecule has 0 spiro atoms. The molecule has 1 unspecified atom stereocenters. The molecule has 1 saturated heterocycles. The van der Waals surface area contributed by atoms with Crippen molar-refractivity contribution in [2.45, 2.75) is 39.2 Å². The Labute approximate surface area is 128 Å². The van der Waals surface area contributed by atoms with E-state index in [0.29, 0.717) is 0 Å². The fraction of sp³-hybridized carbons (Fsp3) is 0.812. The Hall–Kier alpha value is -1.07. The topological polar surface area (TPSA) is 42.3 Å². The zero-order valence-corrected chi connectivity index (χ0v) is 13.8. The largest absolute Gasteiger partial charge is 0.385 e. The average Bonchev–Trinajstić information content (AvgIpc) is 2.92. The van der Waals surface area contributed by atoms with Gasteiger partial charge in [0, 0.05) is 39.5 Å². The summed E-state index contributed by atoms with van der Waals surface area (Å²) in [6, 6.07) is 0. The molecule has 1 fully saturated rings. The molecule has 120 valence electrons. The van der Waals surface area contributed by atoms with Crippen molar-refractivity contribution in [3.8, 4) is 0 Å². The molecule has 1 aromatic heterocycles. The van der Waals surface area contributed by atoms with Gasteiger partial charge in [-0.1, -0.05) is 6.92 Å². The van der Waals surface area contributed by atoms with Crippen molar-refractivity contribution in [2.75, 3.05) is 45.3 Å². The summed E-state index contributed by atoms with van der Waals surface area (Å²) >= 11 is 0. The fourth-order valence-electron chi connectivity index (χ4n) is 3.13. The van der Waals surface area contributed by atoms with E-state index in [1.54, 1.807) is 7.11 Å². The van der Waals surface area contributed by atoms with Gasteiger partial charge in [0.25, 0.3) is 0 Å². The molecule has 2 heterocycles. The Morgan fingerprint density at radius 1 is 1.48 bits per heavy atom. The standard InChI is InChI=1S/C16H30N4O/c1-4-15-13-20(9-6-10-21-3)16(18-15)19-8-5-7-14(12-19)11-17-2/h13-14,17H,4-12H2,1-3H3. The second kappa shape index (κ2) is 8.39. The number of aromatic nitrogens is 2. The highest BCUT2D eigenvalue weighted by Crippen LogP contribution is 2.23. The molecular weight excluding hydrogens is 264 g/mol.